The summed E-state index contributed by atoms with van der Waals surface area (Å²) < 4.78 is 4.03. The maximum Gasteiger partial charge on any atom is 0.334 e. The first-order valence-electron chi connectivity index (χ1n) is 4.86. The van der Waals surface area contributed by atoms with Gasteiger partial charge in [-0.15, -0.1) is 0 Å². The summed E-state index contributed by atoms with van der Waals surface area (Å²) in [4.78, 5) is 20.1. The molecular weight excluding hydrogens is 200 g/mol. The largest absolute Gasteiger partial charge is 0.480 e. The molecular formula is C9H18N2O4. The van der Waals surface area contributed by atoms with Crippen molar-refractivity contribution in [1.82, 2.24) is 5.32 Å². The third-order valence-corrected chi connectivity index (χ3v) is 1.93. The summed E-state index contributed by atoms with van der Waals surface area (Å²) in [5.41, 5.74) is 4.80. The fourth-order valence-electron chi connectivity index (χ4n) is 1.03. The molecule has 1 aliphatic heterocycles. The van der Waals surface area contributed by atoms with Gasteiger partial charge in [-0.3, -0.25) is 0 Å². The minimum absolute atomic E-state index is 0.942. The number of rotatable bonds is 2. The monoisotopic (exact) mass is 218 g/mol. The highest BCUT2D eigenvalue weighted by Gasteiger charge is 2.20. The number of piperidine rings is 1. The summed E-state index contributed by atoms with van der Waals surface area (Å²) in [5.74, 6) is -2.33. The third-order valence-electron chi connectivity index (χ3n) is 1.93. The van der Waals surface area contributed by atoms with Gasteiger partial charge in [-0.1, -0.05) is 6.42 Å². The van der Waals surface area contributed by atoms with E-state index in [0.717, 1.165) is 7.11 Å². The van der Waals surface area contributed by atoms with Crippen molar-refractivity contribution in [3.63, 3.8) is 0 Å². The highest BCUT2D eigenvalue weighted by molar-refractivity contribution is 5.97. The fraction of sp³-hybridized carbons (Fsp3) is 0.778. The summed E-state index contributed by atoms with van der Waals surface area (Å²) >= 11 is 0. The first-order valence-corrected chi connectivity index (χ1v) is 4.86. The van der Waals surface area contributed by atoms with Gasteiger partial charge in [-0.25, -0.2) is 9.59 Å². The minimum Gasteiger partial charge on any atom is -0.480 e. The number of carbonyl (C=O) groups excluding carboxylic acids is 1. The van der Waals surface area contributed by atoms with Gasteiger partial charge in [0.1, 0.15) is 0 Å². The Kier molecular flexibility index (Phi) is 7.57. The van der Waals surface area contributed by atoms with E-state index in [-0.39, 0.29) is 0 Å². The predicted octanol–water partition coefficient (Wildman–Crippen LogP) is -0.669. The van der Waals surface area contributed by atoms with Gasteiger partial charge < -0.3 is 20.9 Å². The lowest BCUT2D eigenvalue weighted by Crippen LogP contribution is -2.39. The van der Waals surface area contributed by atoms with Crippen LogP contribution in [0.5, 0.6) is 0 Å². The molecule has 1 unspecified atom stereocenters. The minimum atomic E-state index is -1.56. The maximum atomic E-state index is 10.2. The molecule has 4 N–H and O–H groups in total. The molecule has 0 aromatic heterocycles. The molecule has 1 fully saturated rings. The van der Waals surface area contributed by atoms with E-state index in [4.69, 9.17) is 10.8 Å². The Morgan fingerprint density at radius 3 is 2.00 bits per heavy atom. The number of hydrogen-bond acceptors (Lipinski definition) is 5. The second kappa shape index (κ2) is 8.19. The highest BCUT2D eigenvalue weighted by atomic mass is 16.5. The number of aliphatic carboxylic acids is 1. The molecule has 15 heavy (non-hydrogen) atoms. The molecule has 1 saturated heterocycles. The number of carboxylic acid groups (broad SMARTS) is 1. The van der Waals surface area contributed by atoms with E-state index in [0.29, 0.717) is 0 Å². The smallest absolute Gasteiger partial charge is 0.334 e. The summed E-state index contributed by atoms with van der Waals surface area (Å²) in [6.45, 7) is 2.50. The number of methoxy groups -OCH3 is 1. The summed E-state index contributed by atoms with van der Waals surface area (Å²) in [6, 6.07) is -1.56. The van der Waals surface area contributed by atoms with Crippen LogP contribution in [0, 0.1) is 0 Å². The van der Waals surface area contributed by atoms with E-state index in [1.54, 1.807) is 0 Å². The molecule has 0 aromatic carbocycles. The van der Waals surface area contributed by atoms with Crippen LogP contribution in [0.3, 0.4) is 0 Å². The maximum absolute atomic E-state index is 10.2. The third kappa shape index (κ3) is 6.87. The zero-order chi connectivity index (χ0) is 11.7. The molecule has 1 atom stereocenters. The molecule has 6 nitrogen and oxygen atoms in total. The number of carbonyl (C=O) groups is 2. The Morgan fingerprint density at radius 1 is 1.33 bits per heavy atom. The van der Waals surface area contributed by atoms with Crippen molar-refractivity contribution < 1.29 is 19.4 Å². The quantitative estimate of drug-likeness (QED) is 0.420. The fourth-order valence-corrected chi connectivity index (χ4v) is 1.03. The first kappa shape index (κ1) is 13.9. The van der Waals surface area contributed by atoms with Gasteiger partial charge in [-0.05, 0) is 25.9 Å². The Hall–Kier alpha value is -1.14. The van der Waals surface area contributed by atoms with Crippen molar-refractivity contribution in [3.8, 4) is 0 Å². The topological polar surface area (TPSA) is 102 Å². The van der Waals surface area contributed by atoms with Crippen LogP contribution in [0.1, 0.15) is 19.3 Å². The number of nitrogens with two attached hydrogens (primary N) is 1. The van der Waals surface area contributed by atoms with Crippen molar-refractivity contribution in [3.05, 3.63) is 0 Å². The summed E-state index contributed by atoms with van der Waals surface area (Å²) in [7, 11) is 1.07. The zero-order valence-electron chi connectivity index (χ0n) is 8.86. The van der Waals surface area contributed by atoms with E-state index in [9.17, 15) is 9.59 Å². The molecule has 0 bridgehead atoms. The number of nitrogens with one attached hydrogen (secondary N) is 1. The van der Waals surface area contributed by atoms with Crippen molar-refractivity contribution in [2.45, 2.75) is 25.3 Å². The Balaban J connectivity index is 0.000000280. The van der Waals surface area contributed by atoms with Crippen molar-refractivity contribution >= 4 is 11.9 Å². The molecule has 1 heterocycles. The van der Waals surface area contributed by atoms with Crippen LogP contribution in [0.15, 0.2) is 0 Å². The number of ether oxygens (including phenoxy) is 1. The number of hydrogen-bond donors (Lipinski definition) is 3. The lowest BCUT2D eigenvalue weighted by molar-refractivity contribution is -0.151. The zero-order valence-corrected chi connectivity index (χ0v) is 8.86. The van der Waals surface area contributed by atoms with E-state index >= 15 is 0 Å². The van der Waals surface area contributed by atoms with Crippen LogP contribution in [-0.4, -0.2) is 43.3 Å². The number of carboxylic acids is 1. The lowest BCUT2D eigenvalue weighted by Gasteiger charge is -2.08. The molecule has 0 aliphatic carbocycles. The Labute approximate surface area is 88.8 Å². The molecule has 0 spiro atoms. The molecule has 1 rings (SSSR count). The second-order valence-corrected chi connectivity index (χ2v) is 3.15. The molecule has 0 saturated carbocycles. The number of esters is 1. The van der Waals surface area contributed by atoms with Gasteiger partial charge in [-0.2, -0.15) is 0 Å². The van der Waals surface area contributed by atoms with Crippen molar-refractivity contribution in [2.24, 2.45) is 5.73 Å². The predicted molar refractivity (Wildman–Crippen MR) is 54.3 cm³/mol. The summed E-state index contributed by atoms with van der Waals surface area (Å²) in [5, 5.41) is 11.3. The summed E-state index contributed by atoms with van der Waals surface area (Å²) in [6.07, 6.45) is 4.22. The van der Waals surface area contributed by atoms with Crippen LogP contribution >= 0.6 is 0 Å². The standard InChI is InChI=1S/C5H11N.C4H7NO4/c1-2-4-6-5-3-1;1-9-4(8)2(5)3(6)7/h6H,1-5H2;2H,5H2,1H3,(H,6,7). The van der Waals surface area contributed by atoms with Crippen LogP contribution in [-0.2, 0) is 14.3 Å². The lowest BCUT2D eigenvalue weighted by atomic mass is 10.2. The van der Waals surface area contributed by atoms with Gasteiger partial charge in [0.2, 0.25) is 6.04 Å². The van der Waals surface area contributed by atoms with Crippen LogP contribution in [0.2, 0.25) is 0 Å². The van der Waals surface area contributed by atoms with Gasteiger partial charge in [0.25, 0.3) is 0 Å². The second-order valence-electron chi connectivity index (χ2n) is 3.15. The molecule has 1 aliphatic rings. The van der Waals surface area contributed by atoms with Gasteiger partial charge in [0.15, 0.2) is 0 Å². The van der Waals surface area contributed by atoms with E-state index in [2.05, 4.69) is 10.1 Å². The van der Waals surface area contributed by atoms with Crippen LogP contribution < -0.4 is 11.1 Å². The van der Waals surface area contributed by atoms with Crippen molar-refractivity contribution in [1.29, 1.82) is 0 Å². The van der Waals surface area contributed by atoms with E-state index in [1.165, 1.54) is 32.4 Å². The van der Waals surface area contributed by atoms with Crippen molar-refractivity contribution in [2.75, 3.05) is 20.2 Å². The Morgan fingerprint density at radius 2 is 1.87 bits per heavy atom. The van der Waals surface area contributed by atoms with Crippen LogP contribution in [0.4, 0.5) is 0 Å². The molecule has 88 valence electrons. The SMILES string of the molecule is C1CCNCC1.COC(=O)C(N)C(=O)O. The van der Waals surface area contributed by atoms with E-state index < -0.39 is 18.0 Å². The molecule has 0 amide bonds. The first-order chi connectivity index (χ1) is 7.09. The van der Waals surface area contributed by atoms with Gasteiger partial charge in [0, 0.05) is 0 Å². The molecule has 6 heteroatoms. The molecule has 0 radical (unpaired) electrons. The average molecular weight is 218 g/mol. The van der Waals surface area contributed by atoms with Gasteiger partial charge in [0.05, 0.1) is 7.11 Å². The van der Waals surface area contributed by atoms with Gasteiger partial charge >= 0.3 is 11.9 Å². The normalized spacial score (nSPS) is 16.9. The Bertz CT molecular complexity index is 193. The average Bonchev–Trinajstić information content (AvgIpc) is 2.30. The highest BCUT2D eigenvalue weighted by Crippen LogP contribution is 1.96. The van der Waals surface area contributed by atoms with E-state index in [1.807, 2.05) is 0 Å². The molecule has 0 aromatic rings. The van der Waals surface area contributed by atoms with Crippen LogP contribution in [0.25, 0.3) is 0 Å².